The summed E-state index contributed by atoms with van der Waals surface area (Å²) in [5, 5.41) is 10.6. The zero-order valence-corrected chi connectivity index (χ0v) is 14.4. The Morgan fingerprint density at radius 1 is 1.18 bits per heavy atom. The number of halogens is 1. The summed E-state index contributed by atoms with van der Waals surface area (Å²) in [7, 11) is 0. The fourth-order valence-electron chi connectivity index (χ4n) is 3.95. The summed E-state index contributed by atoms with van der Waals surface area (Å²) in [6.07, 6.45) is 6.94. The van der Waals surface area contributed by atoms with Crippen LogP contribution in [0.1, 0.15) is 62.0 Å². The lowest BCUT2D eigenvalue weighted by molar-refractivity contribution is -0.145. The van der Waals surface area contributed by atoms with Crippen molar-refractivity contribution in [3.63, 3.8) is 0 Å². The molecule has 1 aromatic rings. The van der Waals surface area contributed by atoms with Crippen molar-refractivity contribution < 1.29 is 9.90 Å². The van der Waals surface area contributed by atoms with E-state index in [4.69, 9.17) is 11.6 Å². The third-order valence-electron chi connectivity index (χ3n) is 5.33. The third kappa shape index (κ3) is 3.03. The van der Waals surface area contributed by atoms with Gasteiger partial charge in [-0.1, -0.05) is 43.0 Å². The van der Waals surface area contributed by atoms with Crippen LogP contribution in [-0.2, 0) is 10.2 Å². The number of hydrogen-bond acceptors (Lipinski definition) is 2. The summed E-state index contributed by atoms with van der Waals surface area (Å²) in [6, 6.07) is 6.07. The van der Waals surface area contributed by atoms with Gasteiger partial charge in [0, 0.05) is 5.02 Å². The van der Waals surface area contributed by atoms with Crippen molar-refractivity contribution in [1.29, 1.82) is 0 Å². The second-order valence-corrected chi connectivity index (χ2v) is 8.20. The van der Waals surface area contributed by atoms with Gasteiger partial charge in [0.1, 0.15) is 0 Å². The van der Waals surface area contributed by atoms with E-state index in [1.165, 1.54) is 29.9 Å². The lowest BCUT2D eigenvalue weighted by atomic mass is 9.69. The van der Waals surface area contributed by atoms with Crippen LogP contribution in [0.4, 0.5) is 0 Å². The minimum absolute atomic E-state index is 0.537. The van der Waals surface area contributed by atoms with Crippen LogP contribution in [-0.4, -0.2) is 22.6 Å². The number of hydrogen-bond donors (Lipinski definition) is 1. The van der Waals surface area contributed by atoms with Crippen LogP contribution in [0.25, 0.3) is 0 Å². The standard InChI is InChI=1S/C18H23ClO2S/c19-16-12-14(18(17(20)21)8-2-1-3-9-18)4-5-15(16)13-6-10-22-11-7-13/h4-5,12-13H,1-3,6-11H2,(H,20,21). The predicted octanol–water partition coefficient (Wildman–Crippen LogP) is 5.24. The molecule has 0 atom stereocenters. The first-order chi connectivity index (χ1) is 10.6. The van der Waals surface area contributed by atoms with E-state index < -0.39 is 11.4 Å². The zero-order valence-electron chi connectivity index (χ0n) is 12.8. The largest absolute Gasteiger partial charge is 0.481 e. The van der Waals surface area contributed by atoms with Crippen LogP contribution in [0.15, 0.2) is 18.2 Å². The molecule has 1 saturated heterocycles. The number of thioether (sulfide) groups is 1. The molecule has 1 aliphatic carbocycles. The maximum absolute atomic E-state index is 11.9. The van der Waals surface area contributed by atoms with Crippen LogP contribution >= 0.6 is 23.4 Å². The maximum atomic E-state index is 11.9. The number of rotatable bonds is 3. The summed E-state index contributed by atoms with van der Waals surface area (Å²) in [5.41, 5.74) is 1.39. The van der Waals surface area contributed by atoms with Crippen LogP contribution in [0.3, 0.4) is 0 Å². The van der Waals surface area contributed by atoms with E-state index in [0.29, 0.717) is 5.92 Å². The third-order valence-corrected chi connectivity index (χ3v) is 6.71. The van der Waals surface area contributed by atoms with Crippen LogP contribution < -0.4 is 0 Å². The quantitative estimate of drug-likeness (QED) is 0.819. The molecule has 1 N–H and O–H groups in total. The van der Waals surface area contributed by atoms with Crippen molar-refractivity contribution >= 4 is 29.3 Å². The minimum atomic E-state index is -0.719. The highest BCUT2D eigenvalue weighted by Gasteiger charge is 2.41. The van der Waals surface area contributed by atoms with Gasteiger partial charge in [-0.2, -0.15) is 11.8 Å². The average Bonchev–Trinajstić information content (AvgIpc) is 2.56. The van der Waals surface area contributed by atoms with Crippen molar-refractivity contribution in [2.24, 2.45) is 0 Å². The SMILES string of the molecule is O=C(O)C1(c2ccc(C3CCSCC3)c(Cl)c2)CCCCC1. The molecule has 120 valence electrons. The highest BCUT2D eigenvalue weighted by atomic mass is 35.5. The van der Waals surface area contributed by atoms with Gasteiger partial charge in [-0.15, -0.1) is 0 Å². The molecule has 1 saturated carbocycles. The van der Waals surface area contributed by atoms with Crippen molar-refractivity contribution in [3.8, 4) is 0 Å². The van der Waals surface area contributed by atoms with E-state index in [1.807, 2.05) is 23.9 Å². The van der Waals surface area contributed by atoms with Crippen LogP contribution in [0, 0.1) is 0 Å². The van der Waals surface area contributed by atoms with E-state index in [2.05, 4.69) is 6.07 Å². The molecule has 2 fully saturated rings. The Balaban J connectivity index is 1.91. The van der Waals surface area contributed by atoms with E-state index in [-0.39, 0.29) is 0 Å². The smallest absolute Gasteiger partial charge is 0.314 e. The summed E-state index contributed by atoms with van der Waals surface area (Å²) in [6.45, 7) is 0. The Morgan fingerprint density at radius 2 is 1.86 bits per heavy atom. The Morgan fingerprint density at radius 3 is 2.45 bits per heavy atom. The number of carboxylic acids is 1. The molecule has 4 heteroatoms. The molecule has 0 amide bonds. The molecule has 0 bridgehead atoms. The summed E-state index contributed by atoms with van der Waals surface area (Å²) in [5.74, 6) is 2.24. The molecule has 1 aromatic carbocycles. The number of carbonyl (C=O) groups is 1. The second kappa shape index (κ2) is 6.84. The molecular formula is C18H23ClO2S. The van der Waals surface area contributed by atoms with Gasteiger partial charge < -0.3 is 5.11 Å². The fourth-order valence-corrected chi connectivity index (χ4v) is 5.39. The van der Waals surface area contributed by atoms with Gasteiger partial charge in [0.05, 0.1) is 5.41 Å². The molecular weight excluding hydrogens is 316 g/mol. The Bertz CT molecular complexity index is 546. The zero-order chi connectivity index (χ0) is 15.6. The molecule has 2 aliphatic rings. The Kier molecular flexibility index (Phi) is 5.03. The van der Waals surface area contributed by atoms with Gasteiger partial charge >= 0.3 is 5.97 Å². The number of aliphatic carboxylic acids is 1. The molecule has 3 rings (SSSR count). The van der Waals surface area contributed by atoms with Crippen LogP contribution in [0.5, 0.6) is 0 Å². The topological polar surface area (TPSA) is 37.3 Å². The van der Waals surface area contributed by atoms with Gasteiger partial charge in [0.25, 0.3) is 0 Å². The lowest BCUT2D eigenvalue weighted by Crippen LogP contribution is -2.37. The van der Waals surface area contributed by atoms with Crippen molar-refractivity contribution in [1.82, 2.24) is 0 Å². The molecule has 22 heavy (non-hydrogen) atoms. The highest BCUT2D eigenvalue weighted by molar-refractivity contribution is 7.99. The van der Waals surface area contributed by atoms with Gasteiger partial charge in [-0.05, 0) is 60.3 Å². The molecule has 0 spiro atoms. The molecule has 0 aromatic heterocycles. The first-order valence-electron chi connectivity index (χ1n) is 8.24. The van der Waals surface area contributed by atoms with Gasteiger partial charge in [0.2, 0.25) is 0 Å². The molecule has 0 unspecified atom stereocenters. The number of carboxylic acid groups (broad SMARTS) is 1. The first-order valence-corrected chi connectivity index (χ1v) is 9.78. The Hall–Kier alpha value is -0.670. The molecule has 0 radical (unpaired) electrons. The Labute approximate surface area is 141 Å². The van der Waals surface area contributed by atoms with Gasteiger partial charge in [-0.25, -0.2) is 0 Å². The van der Waals surface area contributed by atoms with E-state index in [1.54, 1.807) is 0 Å². The number of benzene rings is 1. The van der Waals surface area contributed by atoms with E-state index in [0.717, 1.165) is 42.7 Å². The summed E-state index contributed by atoms with van der Waals surface area (Å²) >= 11 is 8.56. The normalized spacial score (nSPS) is 22.4. The van der Waals surface area contributed by atoms with Crippen molar-refractivity contribution in [2.75, 3.05) is 11.5 Å². The van der Waals surface area contributed by atoms with E-state index >= 15 is 0 Å². The predicted molar refractivity (Wildman–Crippen MR) is 93.2 cm³/mol. The maximum Gasteiger partial charge on any atom is 0.314 e. The minimum Gasteiger partial charge on any atom is -0.481 e. The fraction of sp³-hybridized carbons (Fsp3) is 0.611. The molecule has 1 aliphatic heterocycles. The second-order valence-electron chi connectivity index (χ2n) is 6.57. The van der Waals surface area contributed by atoms with E-state index in [9.17, 15) is 9.90 Å². The van der Waals surface area contributed by atoms with Crippen molar-refractivity contribution in [2.45, 2.75) is 56.3 Å². The average molecular weight is 339 g/mol. The van der Waals surface area contributed by atoms with Crippen molar-refractivity contribution in [3.05, 3.63) is 34.3 Å². The molecule has 2 nitrogen and oxygen atoms in total. The van der Waals surface area contributed by atoms with Crippen LogP contribution in [0.2, 0.25) is 5.02 Å². The lowest BCUT2D eigenvalue weighted by Gasteiger charge is -2.34. The summed E-state index contributed by atoms with van der Waals surface area (Å²) < 4.78 is 0. The monoisotopic (exact) mass is 338 g/mol. The first kappa shape index (κ1) is 16.2. The summed E-state index contributed by atoms with van der Waals surface area (Å²) in [4.78, 5) is 11.9. The highest BCUT2D eigenvalue weighted by Crippen LogP contribution is 2.42. The van der Waals surface area contributed by atoms with Gasteiger partial charge in [0.15, 0.2) is 0 Å². The molecule has 1 heterocycles. The van der Waals surface area contributed by atoms with Gasteiger partial charge in [-0.3, -0.25) is 4.79 Å².